The predicted molar refractivity (Wildman–Crippen MR) is 122 cm³/mol. The van der Waals surface area contributed by atoms with Gasteiger partial charge in [-0.15, -0.1) is 0 Å². The average molecular weight is 420 g/mol. The topological polar surface area (TPSA) is 83.5 Å². The fourth-order valence-electron chi connectivity index (χ4n) is 3.45. The van der Waals surface area contributed by atoms with Gasteiger partial charge in [-0.3, -0.25) is 9.78 Å². The zero-order chi connectivity index (χ0) is 21.8. The largest absolute Gasteiger partial charge is 0.493 e. The van der Waals surface area contributed by atoms with Crippen molar-refractivity contribution < 1.29 is 14.6 Å². The highest BCUT2D eigenvalue weighted by atomic mass is 16.5. The van der Waals surface area contributed by atoms with Gasteiger partial charge in [0, 0.05) is 35.9 Å². The third kappa shape index (κ3) is 5.60. The molecule has 0 spiro atoms. The second kappa shape index (κ2) is 9.45. The van der Waals surface area contributed by atoms with Gasteiger partial charge in [0.25, 0.3) is 5.91 Å². The monoisotopic (exact) mass is 419 g/mol. The normalized spacial score (nSPS) is 14.4. The van der Waals surface area contributed by atoms with Crippen LogP contribution in [0.1, 0.15) is 41.3 Å². The lowest BCUT2D eigenvalue weighted by Crippen LogP contribution is -2.23. The van der Waals surface area contributed by atoms with Crippen LogP contribution in [-0.2, 0) is 6.54 Å². The lowest BCUT2D eigenvalue weighted by atomic mass is 10.1. The van der Waals surface area contributed by atoms with E-state index in [1.807, 2.05) is 37.4 Å². The molecule has 3 N–H and O–H groups in total. The number of aliphatic hydroxyl groups is 1. The van der Waals surface area contributed by atoms with Gasteiger partial charge in [-0.1, -0.05) is 6.07 Å². The maximum Gasteiger partial charge on any atom is 0.255 e. The van der Waals surface area contributed by atoms with E-state index in [0.717, 1.165) is 40.1 Å². The third-order valence-corrected chi connectivity index (χ3v) is 5.48. The molecule has 6 heteroatoms. The number of pyridine rings is 1. The van der Waals surface area contributed by atoms with Gasteiger partial charge in [0.1, 0.15) is 5.75 Å². The second-order valence-corrected chi connectivity index (χ2v) is 8.37. The fourth-order valence-corrected chi connectivity index (χ4v) is 3.45. The Balaban J connectivity index is 1.42. The van der Waals surface area contributed by atoms with Crippen LogP contribution >= 0.6 is 0 Å². The number of nitrogens with one attached hydrogen (secondary N) is 2. The van der Waals surface area contributed by atoms with Crippen molar-refractivity contribution in [2.45, 2.75) is 39.3 Å². The van der Waals surface area contributed by atoms with Gasteiger partial charge < -0.3 is 20.5 Å². The minimum atomic E-state index is -0.381. The molecule has 1 atom stereocenters. The first-order valence-corrected chi connectivity index (χ1v) is 10.8. The van der Waals surface area contributed by atoms with Gasteiger partial charge in [0.2, 0.25) is 0 Å². The van der Waals surface area contributed by atoms with Crippen molar-refractivity contribution in [2.75, 3.05) is 18.5 Å². The Morgan fingerprint density at radius 3 is 2.71 bits per heavy atom. The lowest BCUT2D eigenvalue weighted by Gasteiger charge is -2.12. The number of aliphatic hydroxyl groups excluding tert-OH is 1. The number of hydrogen-bond acceptors (Lipinski definition) is 5. The average Bonchev–Trinajstić information content (AvgIpc) is 3.59. The first-order chi connectivity index (χ1) is 15.0. The van der Waals surface area contributed by atoms with Gasteiger partial charge in [-0.25, -0.2) is 0 Å². The third-order valence-electron chi connectivity index (χ3n) is 5.48. The number of anilines is 1. The summed E-state index contributed by atoms with van der Waals surface area (Å²) in [4.78, 5) is 17.3. The first-order valence-electron chi connectivity index (χ1n) is 10.8. The van der Waals surface area contributed by atoms with Crippen LogP contribution < -0.4 is 15.4 Å². The van der Waals surface area contributed by atoms with Crippen LogP contribution in [0.3, 0.4) is 0 Å². The van der Waals surface area contributed by atoms with E-state index in [1.54, 1.807) is 19.1 Å². The maximum absolute atomic E-state index is 12.7. The SMILES string of the molecule is Cc1c(NC(=O)c2ccc(OCC3CC3)cc2)ccc2cc(CNC[C@@H](C)O)cnc12. The molecule has 1 heterocycles. The summed E-state index contributed by atoms with van der Waals surface area (Å²) >= 11 is 0. The molecule has 162 valence electrons. The van der Waals surface area contributed by atoms with Crippen LogP contribution in [-0.4, -0.2) is 35.3 Å². The summed E-state index contributed by atoms with van der Waals surface area (Å²) in [5.74, 6) is 1.34. The van der Waals surface area contributed by atoms with E-state index in [0.29, 0.717) is 24.6 Å². The Bertz CT molecular complexity index is 1060. The number of ether oxygens (including phenoxy) is 1. The summed E-state index contributed by atoms with van der Waals surface area (Å²) in [6.07, 6.45) is 3.95. The van der Waals surface area contributed by atoms with E-state index in [-0.39, 0.29) is 12.0 Å². The number of carbonyl (C=O) groups excluding carboxylic acids is 1. The van der Waals surface area contributed by atoms with Crippen LogP contribution in [0, 0.1) is 12.8 Å². The predicted octanol–water partition coefficient (Wildman–Crippen LogP) is 4.05. The summed E-state index contributed by atoms with van der Waals surface area (Å²) < 4.78 is 5.74. The highest BCUT2D eigenvalue weighted by molar-refractivity contribution is 6.06. The maximum atomic E-state index is 12.7. The van der Waals surface area contributed by atoms with Gasteiger partial charge >= 0.3 is 0 Å². The van der Waals surface area contributed by atoms with Crippen molar-refractivity contribution in [3.8, 4) is 5.75 Å². The molecule has 4 rings (SSSR count). The molecule has 0 saturated heterocycles. The molecule has 3 aromatic rings. The quantitative estimate of drug-likeness (QED) is 0.487. The number of fused-ring (bicyclic) bond motifs is 1. The van der Waals surface area contributed by atoms with Crippen LogP contribution in [0.2, 0.25) is 0 Å². The van der Waals surface area contributed by atoms with Crippen molar-refractivity contribution in [1.82, 2.24) is 10.3 Å². The van der Waals surface area contributed by atoms with Crippen molar-refractivity contribution >= 4 is 22.5 Å². The molecule has 31 heavy (non-hydrogen) atoms. The van der Waals surface area contributed by atoms with Crippen molar-refractivity contribution in [2.24, 2.45) is 5.92 Å². The molecule has 6 nitrogen and oxygen atoms in total. The Morgan fingerprint density at radius 1 is 1.23 bits per heavy atom. The van der Waals surface area contributed by atoms with E-state index in [1.165, 1.54) is 12.8 Å². The van der Waals surface area contributed by atoms with E-state index >= 15 is 0 Å². The van der Waals surface area contributed by atoms with E-state index in [4.69, 9.17) is 4.74 Å². The van der Waals surface area contributed by atoms with E-state index in [9.17, 15) is 9.90 Å². The standard InChI is InChI=1S/C25H29N3O3/c1-16(29)12-26-13-19-11-21-7-10-23(17(2)24(21)27-14-19)28-25(30)20-5-8-22(9-6-20)31-15-18-3-4-18/h5-11,14,16,18,26,29H,3-4,12-13,15H2,1-2H3,(H,28,30)/t16-/m1/s1. The van der Waals surface area contributed by atoms with Crippen LogP contribution in [0.4, 0.5) is 5.69 Å². The number of rotatable bonds is 9. The number of aryl methyl sites for hydroxylation is 1. The molecule has 1 aromatic heterocycles. The molecule has 1 aliphatic carbocycles. The Labute approximate surface area is 182 Å². The van der Waals surface area contributed by atoms with Gasteiger partial charge in [-0.05, 0) is 80.1 Å². The van der Waals surface area contributed by atoms with Crippen LogP contribution in [0.15, 0.2) is 48.7 Å². The van der Waals surface area contributed by atoms with E-state index in [2.05, 4.69) is 21.7 Å². The summed E-state index contributed by atoms with van der Waals surface area (Å²) in [6, 6.07) is 13.2. The van der Waals surface area contributed by atoms with Crippen LogP contribution in [0.25, 0.3) is 10.9 Å². The number of aromatic nitrogens is 1. The van der Waals surface area contributed by atoms with E-state index < -0.39 is 0 Å². The molecule has 1 amide bonds. The molecule has 1 aliphatic rings. The minimum Gasteiger partial charge on any atom is -0.493 e. The number of amides is 1. The molecule has 1 fully saturated rings. The highest BCUT2D eigenvalue weighted by Crippen LogP contribution is 2.29. The van der Waals surface area contributed by atoms with Crippen molar-refractivity contribution in [3.05, 3.63) is 65.4 Å². The molecule has 0 bridgehead atoms. The number of carbonyl (C=O) groups is 1. The Morgan fingerprint density at radius 2 is 2.00 bits per heavy atom. The second-order valence-electron chi connectivity index (χ2n) is 8.37. The molecule has 1 saturated carbocycles. The van der Waals surface area contributed by atoms with Gasteiger partial charge in [0.05, 0.1) is 18.2 Å². The number of hydrogen-bond donors (Lipinski definition) is 3. The summed E-state index contributed by atoms with van der Waals surface area (Å²) in [6.45, 7) is 5.65. The Kier molecular flexibility index (Phi) is 6.49. The fraction of sp³-hybridized carbons (Fsp3) is 0.360. The molecule has 2 aromatic carbocycles. The van der Waals surface area contributed by atoms with Gasteiger partial charge in [0.15, 0.2) is 0 Å². The number of benzene rings is 2. The van der Waals surface area contributed by atoms with Gasteiger partial charge in [-0.2, -0.15) is 0 Å². The zero-order valence-corrected chi connectivity index (χ0v) is 18.0. The highest BCUT2D eigenvalue weighted by Gasteiger charge is 2.21. The molecule has 0 radical (unpaired) electrons. The molecule has 0 aliphatic heterocycles. The van der Waals surface area contributed by atoms with Crippen LogP contribution in [0.5, 0.6) is 5.75 Å². The molecule has 0 unspecified atom stereocenters. The lowest BCUT2D eigenvalue weighted by molar-refractivity contribution is 0.102. The Hall–Kier alpha value is -2.96. The smallest absolute Gasteiger partial charge is 0.255 e. The zero-order valence-electron chi connectivity index (χ0n) is 18.0. The molecular formula is C25H29N3O3. The summed E-state index contributed by atoms with van der Waals surface area (Å²) in [5.41, 5.74) is 4.18. The van der Waals surface area contributed by atoms with Crippen molar-refractivity contribution in [3.63, 3.8) is 0 Å². The first kappa shape index (κ1) is 21.3. The number of nitrogens with zero attached hydrogens (tertiary/aromatic N) is 1. The molecular weight excluding hydrogens is 390 g/mol. The summed E-state index contributed by atoms with van der Waals surface area (Å²) in [7, 11) is 0. The summed E-state index contributed by atoms with van der Waals surface area (Å²) in [5, 5.41) is 16.6. The minimum absolute atomic E-state index is 0.157. The van der Waals surface area contributed by atoms with Crippen molar-refractivity contribution in [1.29, 1.82) is 0 Å².